The highest BCUT2D eigenvalue weighted by atomic mass is 35.5. The minimum atomic E-state index is 0. The minimum Gasteiger partial charge on any atom is -0.350 e. The highest BCUT2D eigenvalue weighted by Gasteiger charge is 2.17. The third-order valence-corrected chi connectivity index (χ3v) is 5.14. The van der Waals surface area contributed by atoms with E-state index >= 15 is 0 Å². The van der Waals surface area contributed by atoms with Crippen molar-refractivity contribution in [2.45, 2.75) is 52.5 Å². The fourth-order valence-corrected chi connectivity index (χ4v) is 4.00. The number of hydrogen-bond acceptors (Lipinski definition) is 3. The topological polar surface area (TPSA) is 41.1 Å². The van der Waals surface area contributed by atoms with Gasteiger partial charge in [-0.2, -0.15) is 0 Å². The number of thiophene rings is 1. The minimum absolute atomic E-state index is 0. The summed E-state index contributed by atoms with van der Waals surface area (Å²) in [4.78, 5) is 14.7. The summed E-state index contributed by atoms with van der Waals surface area (Å²) in [6, 6.07) is 2.32. The Bertz CT molecular complexity index is 455. The molecule has 1 fully saturated rings. The van der Waals surface area contributed by atoms with E-state index in [1.165, 1.54) is 28.2 Å². The summed E-state index contributed by atoms with van der Waals surface area (Å²) in [7, 11) is 0. The Morgan fingerprint density at radius 1 is 1.43 bits per heavy atom. The average Bonchev–Trinajstić information content (AvgIpc) is 2.77. The largest absolute Gasteiger partial charge is 0.350 e. The van der Waals surface area contributed by atoms with Crippen LogP contribution in [0.25, 0.3) is 0 Å². The SMILES string of the molecule is Cc1cc(C(C)NC(=O)CCC2CCNCC2)c(C)s1.Cl. The van der Waals surface area contributed by atoms with Crippen LogP contribution in [-0.2, 0) is 4.79 Å². The normalized spacial score (nSPS) is 17.1. The van der Waals surface area contributed by atoms with Gasteiger partial charge in [-0.05, 0) is 70.7 Å². The van der Waals surface area contributed by atoms with Crippen LogP contribution in [0.1, 0.15) is 54.0 Å². The molecule has 120 valence electrons. The second kappa shape index (κ2) is 8.76. The highest BCUT2D eigenvalue weighted by Crippen LogP contribution is 2.26. The van der Waals surface area contributed by atoms with Crippen LogP contribution in [0.4, 0.5) is 0 Å². The van der Waals surface area contributed by atoms with Crippen LogP contribution in [0.2, 0.25) is 0 Å². The number of rotatable bonds is 5. The van der Waals surface area contributed by atoms with Crippen molar-refractivity contribution in [1.29, 1.82) is 0 Å². The first-order valence-electron chi connectivity index (χ1n) is 7.63. The van der Waals surface area contributed by atoms with Crippen molar-refractivity contribution in [2.24, 2.45) is 5.92 Å². The van der Waals surface area contributed by atoms with Gasteiger partial charge in [0.1, 0.15) is 0 Å². The molecule has 0 aliphatic carbocycles. The van der Waals surface area contributed by atoms with E-state index in [0.29, 0.717) is 6.42 Å². The number of piperidine rings is 1. The van der Waals surface area contributed by atoms with E-state index < -0.39 is 0 Å². The number of hydrogen-bond donors (Lipinski definition) is 2. The van der Waals surface area contributed by atoms with Crippen molar-refractivity contribution >= 4 is 29.7 Å². The molecular weight excluding hydrogens is 304 g/mol. The second-order valence-electron chi connectivity index (χ2n) is 5.89. The molecule has 0 saturated carbocycles. The molecule has 2 heterocycles. The summed E-state index contributed by atoms with van der Waals surface area (Å²) in [6.45, 7) is 8.54. The molecule has 1 aromatic heterocycles. The van der Waals surface area contributed by atoms with Gasteiger partial charge in [0.05, 0.1) is 6.04 Å². The summed E-state index contributed by atoms with van der Waals surface area (Å²) in [5.74, 6) is 0.918. The standard InChI is InChI=1S/C16H26N2OS.ClH/c1-11-10-15(13(3)20-11)12(2)18-16(19)5-4-14-6-8-17-9-7-14;/h10,12,14,17H,4-9H2,1-3H3,(H,18,19);1H. The molecule has 0 radical (unpaired) electrons. The number of nitrogens with one attached hydrogen (secondary N) is 2. The molecule has 5 heteroatoms. The van der Waals surface area contributed by atoms with E-state index in [0.717, 1.165) is 25.4 Å². The number of halogens is 1. The number of amides is 1. The average molecular weight is 331 g/mol. The lowest BCUT2D eigenvalue weighted by molar-refractivity contribution is -0.122. The quantitative estimate of drug-likeness (QED) is 0.863. The van der Waals surface area contributed by atoms with E-state index in [1.807, 2.05) is 0 Å². The lowest BCUT2D eigenvalue weighted by Gasteiger charge is -2.22. The second-order valence-corrected chi connectivity index (χ2v) is 7.35. The van der Waals surface area contributed by atoms with Crippen LogP contribution in [0, 0.1) is 19.8 Å². The Labute approximate surface area is 138 Å². The fraction of sp³-hybridized carbons (Fsp3) is 0.688. The summed E-state index contributed by atoms with van der Waals surface area (Å²) in [5.41, 5.74) is 1.27. The Hall–Kier alpha value is -0.580. The van der Waals surface area contributed by atoms with Gasteiger partial charge in [-0.1, -0.05) is 0 Å². The number of carbonyl (C=O) groups excluding carboxylic acids is 1. The molecular formula is C16H27ClN2OS. The summed E-state index contributed by atoms with van der Waals surface area (Å²) in [5, 5.41) is 6.51. The lowest BCUT2D eigenvalue weighted by Crippen LogP contribution is -2.30. The predicted molar refractivity (Wildman–Crippen MR) is 92.4 cm³/mol. The van der Waals surface area contributed by atoms with E-state index in [-0.39, 0.29) is 24.4 Å². The molecule has 0 spiro atoms. The Morgan fingerprint density at radius 3 is 2.67 bits per heavy atom. The van der Waals surface area contributed by atoms with E-state index in [9.17, 15) is 4.79 Å². The monoisotopic (exact) mass is 330 g/mol. The first-order chi connectivity index (χ1) is 9.56. The molecule has 0 aromatic carbocycles. The van der Waals surface area contributed by atoms with Gasteiger partial charge < -0.3 is 10.6 Å². The molecule has 1 aliphatic heterocycles. The molecule has 2 N–H and O–H groups in total. The zero-order valence-electron chi connectivity index (χ0n) is 13.2. The first-order valence-corrected chi connectivity index (χ1v) is 8.45. The van der Waals surface area contributed by atoms with Crippen molar-refractivity contribution < 1.29 is 4.79 Å². The number of carbonyl (C=O) groups is 1. The van der Waals surface area contributed by atoms with Crippen LogP contribution in [0.5, 0.6) is 0 Å². The van der Waals surface area contributed by atoms with Crippen molar-refractivity contribution in [1.82, 2.24) is 10.6 Å². The van der Waals surface area contributed by atoms with E-state index in [1.54, 1.807) is 11.3 Å². The zero-order chi connectivity index (χ0) is 14.5. The predicted octanol–water partition coefficient (Wildman–Crippen LogP) is 3.74. The Morgan fingerprint density at radius 2 is 2.10 bits per heavy atom. The van der Waals surface area contributed by atoms with Crippen LogP contribution in [0.3, 0.4) is 0 Å². The molecule has 0 bridgehead atoms. The van der Waals surface area contributed by atoms with Crippen LogP contribution >= 0.6 is 23.7 Å². The third kappa shape index (κ3) is 5.61. The van der Waals surface area contributed by atoms with Crippen LogP contribution in [-0.4, -0.2) is 19.0 Å². The maximum absolute atomic E-state index is 12.1. The van der Waals surface area contributed by atoms with Gasteiger partial charge >= 0.3 is 0 Å². The van der Waals surface area contributed by atoms with Gasteiger partial charge in [0.25, 0.3) is 0 Å². The van der Waals surface area contributed by atoms with Gasteiger partial charge in [0.2, 0.25) is 5.91 Å². The first kappa shape index (κ1) is 18.5. The molecule has 1 amide bonds. The zero-order valence-corrected chi connectivity index (χ0v) is 14.8. The maximum atomic E-state index is 12.1. The van der Waals surface area contributed by atoms with Crippen molar-refractivity contribution in [3.8, 4) is 0 Å². The Balaban J connectivity index is 0.00000220. The van der Waals surface area contributed by atoms with Gasteiger partial charge in [-0.15, -0.1) is 23.7 Å². The summed E-state index contributed by atoms with van der Waals surface area (Å²) in [6.07, 6.45) is 4.12. The fourth-order valence-electron chi connectivity index (χ4n) is 2.98. The molecule has 1 unspecified atom stereocenters. The van der Waals surface area contributed by atoms with Crippen LogP contribution in [0.15, 0.2) is 6.07 Å². The molecule has 1 aromatic rings. The van der Waals surface area contributed by atoms with Crippen molar-refractivity contribution in [3.63, 3.8) is 0 Å². The lowest BCUT2D eigenvalue weighted by atomic mass is 9.93. The molecule has 1 aliphatic rings. The van der Waals surface area contributed by atoms with Crippen molar-refractivity contribution in [2.75, 3.05) is 13.1 Å². The van der Waals surface area contributed by atoms with E-state index in [4.69, 9.17) is 0 Å². The molecule has 2 rings (SSSR count). The molecule has 21 heavy (non-hydrogen) atoms. The third-order valence-electron chi connectivity index (χ3n) is 4.16. The number of aryl methyl sites for hydroxylation is 2. The molecule has 1 atom stereocenters. The Kier molecular flexibility index (Phi) is 7.71. The van der Waals surface area contributed by atoms with Crippen LogP contribution < -0.4 is 10.6 Å². The van der Waals surface area contributed by atoms with Gasteiger partial charge in [0.15, 0.2) is 0 Å². The van der Waals surface area contributed by atoms with Gasteiger partial charge in [-0.25, -0.2) is 0 Å². The van der Waals surface area contributed by atoms with E-state index in [2.05, 4.69) is 37.5 Å². The van der Waals surface area contributed by atoms with Crippen molar-refractivity contribution in [3.05, 3.63) is 21.4 Å². The van der Waals surface area contributed by atoms with Gasteiger partial charge in [-0.3, -0.25) is 4.79 Å². The van der Waals surface area contributed by atoms with Gasteiger partial charge in [0, 0.05) is 16.2 Å². The summed E-state index contributed by atoms with van der Waals surface area (Å²) >= 11 is 1.80. The highest BCUT2D eigenvalue weighted by molar-refractivity contribution is 7.12. The summed E-state index contributed by atoms with van der Waals surface area (Å²) < 4.78 is 0. The smallest absolute Gasteiger partial charge is 0.220 e. The molecule has 1 saturated heterocycles. The molecule has 3 nitrogen and oxygen atoms in total. The maximum Gasteiger partial charge on any atom is 0.220 e.